The van der Waals surface area contributed by atoms with Gasteiger partial charge in [-0.05, 0) is 70.6 Å². The van der Waals surface area contributed by atoms with Crippen molar-refractivity contribution in [3.8, 4) is 0 Å². The molecule has 2 atom stereocenters. The van der Waals surface area contributed by atoms with Crippen LogP contribution in [-0.4, -0.2) is 75.6 Å². The first-order valence-corrected chi connectivity index (χ1v) is 29.2. The van der Waals surface area contributed by atoms with Gasteiger partial charge in [0.1, 0.15) is 19.3 Å². The molecule has 9 heteroatoms. The average molecular weight is 939 g/mol. The molecular formula is C56H109NO7P+. The maximum atomic E-state index is 12.8. The fourth-order valence-electron chi connectivity index (χ4n) is 7.87. The Hall–Kier alpha value is -1.28. The number of unbranched alkanes of at least 4 members (excludes halogenated alkanes) is 32. The molecule has 0 heterocycles. The average Bonchev–Trinajstić information content (AvgIpc) is 3.27. The fraction of sp³-hybridized carbons (Fsp3) is 0.875. The molecule has 2 unspecified atom stereocenters. The minimum Gasteiger partial charge on any atom is -0.457 e. The smallest absolute Gasteiger partial charge is 0.457 e. The van der Waals surface area contributed by atoms with Crippen LogP contribution in [0.3, 0.4) is 0 Å². The first-order chi connectivity index (χ1) is 31.6. The van der Waals surface area contributed by atoms with Gasteiger partial charge < -0.3 is 18.9 Å². The summed E-state index contributed by atoms with van der Waals surface area (Å²) in [5, 5.41) is 0. The Balaban J connectivity index is 4.09. The van der Waals surface area contributed by atoms with E-state index in [1.807, 2.05) is 21.1 Å². The summed E-state index contributed by atoms with van der Waals surface area (Å²) in [6, 6.07) is 0. The molecule has 0 saturated heterocycles. The number of phosphoric acid groups is 1. The van der Waals surface area contributed by atoms with Crippen LogP contribution >= 0.6 is 7.82 Å². The van der Waals surface area contributed by atoms with Crippen molar-refractivity contribution in [2.24, 2.45) is 0 Å². The monoisotopic (exact) mass is 939 g/mol. The third kappa shape index (κ3) is 53.5. The van der Waals surface area contributed by atoms with E-state index in [0.29, 0.717) is 24.1 Å². The van der Waals surface area contributed by atoms with Crippen LogP contribution < -0.4 is 0 Å². The second-order valence-electron chi connectivity index (χ2n) is 20.0. The van der Waals surface area contributed by atoms with Crippen molar-refractivity contribution in [3.05, 3.63) is 36.5 Å². The summed E-state index contributed by atoms with van der Waals surface area (Å²) in [7, 11) is 1.67. The van der Waals surface area contributed by atoms with Gasteiger partial charge in [0.05, 0.1) is 34.4 Å². The highest BCUT2D eigenvalue weighted by Gasteiger charge is 2.26. The van der Waals surface area contributed by atoms with E-state index >= 15 is 0 Å². The summed E-state index contributed by atoms with van der Waals surface area (Å²) in [6.45, 7) is 5.65. The summed E-state index contributed by atoms with van der Waals surface area (Å²) < 4.78 is 35.2. The number of phosphoric ester groups is 1. The van der Waals surface area contributed by atoms with Gasteiger partial charge in [-0.3, -0.25) is 13.8 Å². The molecule has 0 aliphatic carbocycles. The molecule has 0 aliphatic heterocycles. The fourth-order valence-corrected chi connectivity index (χ4v) is 8.62. The Labute approximate surface area is 404 Å². The minimum atomic E-state index is -4.28. The molecule has 0 radical (unpaired) electrons. The van der Waals surface area contributed by atoms with E-state index in [-0.39, 0.29) is 25.8 Å². The molecule has 0 saturated carbocycles. The number of quaternary nitrogens is 1. The van der Waals surface area contributed by atoms with Gasteiger partial charge in [0.2, 0.25) is 0 Å². The molecule has 0 bridgehead atoms. The summed E-state index contributed by atoms with van der Waals surface area (Å²) >= 11 is 0. The van der Waals surface area contributed by atoms with Crippen LogP contribution in [0.5, 0.6) is 0 Å². The highest BCUT2D eigenvalue weighted by Crippen LogP contribution is 2.43. The van der Waals surface area contributed by atoms with Gasteiger partial charge in [-0.15, -0.1) is 0 Å². The summed E-state index contributed by atoms with van der Waals surface area (Å²) in [6.07, 6.45) is 60.5. The van der Waals surface area contributed by atoms with Crippen LogP contribution in [0.25, 0.3) is 0 Å². The third-order valence-electron chi connectivity index (χ3n) is 12.2. The van der Waals surface area contributed by atoms with Gasteiger partial charge >= 0.3 is 13.8 Å². The normalized spacial score (nSPS) is 13.8. The van der Waals surface area contributed by atoms with Crippen molar-refractivity contribution in [2.75, 3.05) is 54.1 Å². The number of nitrogens with zero attached hydrogens (tertiary/aromatic N) is 1. The van der Waals surface area contributed by atoms with E-state index in [9.17, 15) is 14.3 Å². The number of ether oxygens (including phenoxy) is 2. The van der Waals surface area contributed by atoms with E-state index in [0.717, 1.165) is 38.5 Å². The van der Waals surface area contributed by atoms with Crippen molar-refractivity contribution >= 4 is 13.8 Å². The van der Waals surface area contributed by atoms with Crippen molar-refractivity contribution in [2.45, 2.75) is 264 Å². The Morgan fingerprint density at radius 2 is 0.846 bits per heavy atom. The van der Waals surface area contributed by atoms with Crippen molar-refractivity contribution in [1.82, 2.24) is 0 Å². The largest absolute Gasteiger partial charge is 0.472 e. The number of rotatable bonds is 52. The second-order valence-corrected chi connectivity index (χ2v) is 21.4. The second kappa shape index (κ2) is 49.2. The molecule has 0 amide bonds. The molecular weight excluding hydrogens is 830 g/mol. The molecule has 0 spiro atoms. The molecule has 0 aromatic heterocycles. The van der Waals surface area contributed by atoms with Gasteiger partial charge in [0.25, 0.3) is 0 Å². The van der Waals surface area contributed by atoms with Crippen LogP contribution in [0.2, 0.25) is 0 Å². The molecule has 0 fully saturated rings. The molecule has 1 N–H and O–H groups in total. The van der Waals surface area contributed by atoms with Gasteiger partial charge in [0.15, 0.2) is 0 Å². The van der Waals surface area contributed by atoms with E-state index in [1.54, 1.807) is 0 Å². The van der Waals surface area contributed by atoms with Gasteiger partial charge in [-0.25, -0.2) is 4.57 Å². The number of allylic oxidation sites excluding steroid dienone is 6. The quantitative estimate of drug-likeness (QED) is 0.0214. The number of carbonyl (C=O) groups excluding carboxylic acids is 1. The highest BCUT2D eigenvalue weighted by molar-refractivity contribution is 7.47. The molecule has 384 valence electrons. The van der Waals surface area contributed by atoms with Crippen LogP contribution in [0, 0.1) is 0 Å². The summed E-state index contributed by atoms with van der Waals surface area (Å²) in [5.41, 5.74) is 0. The van der Waals surface area contributed by atoms with Crippen molar-refractivity contribution in [3.63, 3.8) is 0 Å². The van der Waals surface area contributed by atoms with Gasteiger partial charge in [-0.1, -0.05) is 217 Å². The maximum absolute atomic E-state index is 12.8. The van der Waals surface area contributed by atoms with Crippen LogP contribution in [-0.2, 0) is 27.9 Å². The minimum absolute atomic E-state index is 0.0888. The Morgan fingerprint density at radius 3 is 1.26 bits per heavy atom. The summed E-state index contributed by atoms with van der Waals surface area (Å²) in [4.78, 5) is 23.1. The standard InChI is InChI=1S/C56H108NO7P/c1-6-8-10-12-14-16-18-20-22-24-26-28-29-30-31-33-35-37-39-41-43-45-47-49-56(58)64-55(54-63-65(59,60)62-52-50-57(3,4)5)53-61-51-48-46-44-42-40-38-36-34-32-27-25-23-21-19-17-15-13-11-9-7-2/h18,20-21,23-24,26,55H,6-17,19,22,25,27-54H2,1-5H3/p+1/b20-18-,23-21-,26-24-. The number of carbonyl (C=O) groups is 1. The molecule has 0 aromatic rings. The number of hydrogen-bond donors (Lipinski definition) is 1. The zero-order valence-electron chi connectivity index (χ0n) is 43.7. The zero-order valence-corrected chi connectivity index (χ0v) is 44.6. The lowest BCUT2D eigenvalue weighted by Crippen LogP contribution is -2.37. The van der Waals surface area contributed by atoms with E-state index in [4.69, 9.17) is 18.5 Å². The molecule has 0 rings (SSSR count). The van der Waals surface area contributed by atoms with Crippen LogP contribution in [0.4, 0.5) is 0 Å². The Morgan fingerprint density at radius 1 is 0.477 bits per heavy atom. The van der Waals surface area contributed by atoms with E-state index in [2.05, 4.69) is 50.3 Å². The topological polar surface area (TPSA) is 91.3 Å². The molecule has 0 aliphatic rings. The summed E-state index contributed by atoms with van der Waals surface area (Å²) in [5.74, 6) is -0.313. The first-order valence-electron chi connectivity index (χ1n) is 27.7. The highest BCUT2D eigenvalue weighted by atomic mass is 31.2. The molecule has 65 heavy (non-hydrogen) atoms. The van der Waals surface area contributed by atoms with Gasteiger partial charge in [0, 0.05) is 13.0 Å². The molecule has 0 aromatic carbocycles. The van der Waals surface area contributed by atoms with E-state index in [1.165, 1.54) is 199 Å². The number of likely N-dealkylation sites (N-methyl/N-ethyl adjacent to an activating group) is 1. The predicted molar refractivity (Wildman–Crippen MR) is 280 cm³/mol. The predicted octanol–water partition coefficient (Wildman–Crippen LogP) is 17.3. The lowest BCUT2D eigenvalue weighted by Gasteiger charge is -2.24. The van der Waals surface area contributed by atoms with Crippen LogP contribution in [0.15, 0.2) is 36.5 Å². The number of hydrogen-bond acceptors (Lipinski definition) is 6. The number of esters is 1. The zero-order chi connectivity index (χ0) is 47.6. The van der Waals surface area contributed by atoms with Crippen molar-refractivity contribution in [1.29, 1.82) is 0 Å². The van der Waals surface area contributed by atoms with Crippen LogP contribution in [0.1, 0.15) is 258 Å². The lowest BCUT2D eigenvalue weighted by atomic mass is 10.0. The van der Waals surface area contributed by atoms with Gasteiger partial charge in [-0.2, -0.15) is 0 Å². The maximum Gasteiger partial charge on any atom is 0.472 e. The Bertz CT molecular complexity index is 1140. The third-order valence-corrected chi connectivity index (χ3v) is 13.2. The van der Waals surface area contributed by atoms with E-state index < -0.39 is 13.9 Å². The van der Waals surface area contributed by atoms with Crippen molar-refractivity contribution < 1.29 is 37.3 Å². The Kier molecular flexibility index (Phi) is 48.2. The first kappa shape index (κ1) is 63.7. The lowest BCUT2D eigenvalue weighted by molar-refractivity contribution is -0.870. The molecule has 8 nitrogen and oxygen atoms in total. The SMILES string of the molecule is CCCCCCC/C=C\C/C=C\CCCCCCCCCCCCCC(=O)OC(COCCCCCCCCCCCC/C=C\CCCCCCCC)COP(=O)(O)OCC[N+](C)(C)C.